The topological polar surface area (TPSA) is 61.0 Å². The van der Waals surface area contributed by atoms with E-state index in [2.05, 4.69) is 27.1 Å². The molecule has 1 aliphatic heterocycles. The van der Waals surface area contributed by atoms with Crippen LogP contribution < -0.4 is 5.32 Å². The van der Waals surface area contributed by atoms with Crippen LogP contribution in [0.5, 0.6) is 0 Å². The number of hydrogen-bond acceptors (Lipinski definition) is 3. The number of amides is 1. The molecule has 5 nitrogen and oxygen atoms in total. The van der Waals surface area contributed by atoms with E-state index in [9.17, 15) is 4.79 Å². The molecule has 1 amide bonds. The molecule has 0 saturated carbocycles. The SMILES string of the molecule is C[C@H](CNC(=O)CCc1nc2ccccc2[nH]1)N1CCCCC1. The Balaban J connectivity index is 1.42. The summed E-state index contributed by atoms with van der Waals surface area (Å²) in [6.07, 6.45) is 5.03. The highest BCUT2D eigenvalue weighted by Gasteiger charge is 2.17. The highest BCUT2D eigenvalue weighted by molar-refractivity contribution is 5.77. The molecule has 1 atom stereocenters. The van der Waals surface area contributed by atoms with E-state index in [1.54, 1.807) is 0 Å². The highest BCUT2D eigenvalue weighted by atomic mass is 16.1. The van der Waals surface area contributed by atoms with Crippen molar-refractivity contribution in [3.05, 3.63) is 30.1 Å². The van der Waals surface area contributed by atoms with Crippen molar-refractivity contribution in [2.45, 2.75) is 45.1 Å². The third-order valence-corrected chi connectivity index (χ3v) is 4.64. The molecule has 1 saturated heterocycles. The normalized spacial score (nSPS) is 17.3. The number of piperidine rings is 1. The van der Waals surface area contributed by atoms with Crippen LogP contribution in [-0.4, -0.2) is 46.5 Å². The van der Waals surface area contributed by atoms with Crippen LogP contribution in [0.25, 0.3) is 11.0 Å². The Morgan fingerprint density at radius 2 is 2.09 bits per heavy atom. The van der Waals surface area contributed by atoms with E-state index in [4.69, 9.17) is 0 Å². The standard InChI is InChI=1S/C18H26N4O/c1-14(22-11-5-2-6-12-22)13-19-18(23)10-9-17-20-15-7-3-4-8-16(15)21-17/h3-4,7-8,14H,2,5-6,9-13H2,1H3,(H,19,23)(H,20,21)/t14-/m1/s1. The zero-order valence-corrected chi connectivity index (χ0v) is 13.8. The number of likely N-dealkylation sites (tertiary alicyclic amines) is 1. The van der Waals surface area contributed by atoms with E-state index in [1.807, 2.05) is 24.3 Å². The fourth-order valence-electron chi connectivity index (χ4n) is 3.19. The third kappa shape index (κ3) is 4.32. The highest BCUT2D eigenvalue weighted by Crippen LogP contribution is 2.12. The lowest BCUT2D eigenvalue weighted by molar-refractivity contribution is -0.121. The summed E-state index contributed by atoms with van der Waals surface area (Å²) in [6.45, 7) is 5.26. The van der Waals surface area contributed by atoms with Crippen LogP contribution in [0, 0.1) is 0 Å². The fraction of sp³-hybridized carbons (Fsp3) is 0.556. The maximum Gasteiger partial charge on any atom is 0.220 e. The van der Waals surface area contributed by atoms with Gasteiger partial charge in [-0.2, -0.15) is 0 Å². The number of fused-ring (bicyclic) bond motifs is 1. The molecule has 3 rings (SSSR count). The maximum absolute atomic E-state index is 12.0. The Kier molecular flexibility index (Phi) is 5.28. The van der Waals surface area contributed by atoms with Gasteiger partial charge in [-0.25, -0.2) is 4.98 Å². The van der Waals surface area contributed by atoms with Crippen molar-refractivity contribution in [3.63, 3.8) is 0 Å². The molecule has 1 aliphatic rings. The summed E-state index contributed by atoms with van der Waals surface area (Å²) in [5.74, 6) is 0.986. The largest absolute Gasteiger partial charge is 0.355 e. The summed E-state index contributed by atoms with van der Waals surface area (Å²) < 4.78 is 0. The van der Waals surface area contributed by atoms with Crippen LogP contribution in [0.2, 0.25) is 0 Å². The van der Waals surface area contributed by atoms with Crippen molar-refractivity contribution in [1.29, 1.82) is 0 Å². The van der Waals surface area contributed by atoms with Crippen LogP contribution in [0.3, 0.4) is 0 Å². The average Bonchev–Trinajstić information content (AvgIpc) is 3.01. The number of imidazole rings is 1. The molecule has 0 unspecified atom stereocenters. The van der Waals surface area contributed by atoms with Gasteiger partial charge in [-0.1, -0.05) is 18.6 Å². The van der Waals surface area contributed by atoms with Crippen molar-refractivity contribution >= 4 is 16.9 Å². The second kappa shape index (κ2) is 7.59. The van der Waals surface area contributed by atoms with Gasteiger partial charge in [0.05, 0.1) is 11.0 Å². The number of rotatable bonds is 6. The quantitative estimate of drug-likeness (QED) is 0.861. The molecule has 23 heavy (non-hydrogen) atoms. The molecule has 0 aliphatic carbocycles. The number of aromatic amines is 1. The number of H-pyrrole nitrogens is 1. The summed E-state index contributed by atoms with van der Waals surface area (Å²) in [6, 6.07) is 8.37. The van der Waals surface area contributed by atoms with Crippen molar-refractivity contribution in [2.75, 3.05) is 19.6 Å². The second-order valence-corrected chi connectivity index (χ2v) is 6.45. The molecule has 2 aromatic rings. The number of aromatic nitrogens is 2. The minimum atomic E-state index is 0.106. The lowest BCUT2D eigenvalue weighted by Crippen LogP contribution is -2.44. The minimum Gasteiger partial charge on any atom is -0.355 e. The Morgan fingerprint density at radius 1 is 1.30 bits per heavy atom. The number of hydrogen-bond donors (Lipinski definition) is 2. The predicted octanol–water partition coefficient (Wildman–Crippen LogP) is 2.49. The van der Waals surface area contributed by atoms with Crippen molar-refractivity contribution < 1.29 is 4.79 Å². The number of benzene rings is 1. The molecule has 2 heterocycles. The minimum absolute atomic E-state index is 0.106. The summed E-state index contributed by atoms with van der Waals surface area (Å²) in [5, 5.41) is 3.06. The van der Waals surface area contributed by atoms with Crippen LogP contribution in [0.1, 0.15) is 38.4 Å². The molecule has 1 aromatic heterocycles. The number of carbonyl (C=O) groups is 1. The van der Waals surface area contributed by atoms with Gasteiger partial charge in [-0.3, -0.25) is 9.69 Å². The Hall–Kier alpha value is -1.88. The van der Waals surface area contributed by atoms with Crippen molar-refractivity contribution in [3.8, 4) is 0 Å². The molecule has 124 valence electrons. The maximum atomic E-state index is 12.0. The molecular weight excluding hydrogens is 288 g/mol. The van der Waals surface area contributed by atoms with E-state index in [0.717, 1.165) is 36.5 Å². The number of aryl methyl sites for hydroxylation is 1. The molecule has 1 aromatic carbocycles. The number of nitrogens with zero attached hydrogens (tertiary/aromatic N) is 2. The monoisotopic (exact) mass is 314 g/mol. The number of carbonyl (C=O) groups excluding carboxylic acids is 1. The molecule has 0 bridgehead atoms. The van der Waals surface area contributed by atoms with Crippen LogP contribution in [-0.2, 0) is 11.2 Å². The van der Waals surface area contributed by atoms with E-state index < -0.39 is 0 Å². The van der Waals surface area contributed by atoms with E-state index in [0.29, 0.717) is 18.9 Å². The van der Waals surface area contributed by atoms with Crippen molar-refractivity contribution in [1.82, 2.24) is 20.2 Å². The first kappa shape index (κ1) is 16.0. The Labute approximate surface area is 137 Å². The molecule has 0 radical (unpaired) electrons. The Morgan fingerprint density at radius 3 is 2.87 bits per heavy atom. The van der Waals surface area contributed by atoms with Crippen LogP contribution in [0.4, 0.5) is 0 Å². The fourth-order valence-corrected chi connectivity index (χ4v) is 3.19. The molecule has 0 spiro atoms. The van der Waals surface area contributed by atoms with Gasteiger partial charge in [0.1, 0.15) is 5.82 Å². The van der Waals surface area contributed by atoms with Gasteiger partial charge in [0, 0.05) is 25.4 Å². The molecular formula is C18H26N4O. The molecule has 2 N–H and O–H groups in total. The first-order chi connectivity index (χ1) is 11.2. The number of nitrogens with one attached hydrogen (secondary N) is 2. The van der Waals surface area contributed by atoms with Crippen LogP contribution >= 0.6 is 0 Å². The first-order valence-electron chi connectivity index (χ1n) is 8.67. The van der Waals surface area contributed by atoms with E-state index in [-0.39, 0.29) is 5.91 Å². The van der Waals surface area contributed by atoms with E-state index in [1.165, 1.54) is 19.3 Å². The lowest BCUT2D eigenvalue weighted by Gasteiger charge is -2.32. The van der Waals surface area contributed by atoms with Gasteiger partial charge in [0.2, 0.25) is 5.91 Å². The van der Waals surface area contributed by atoms with Gasteiger partial charge in [-0.15, -0.1) is 0 Å². The summed E-state index contributed by atoms with van der Waals surface area (Å²) in [5.41, 5.74) is 1.99. The summed E-state index contributed by atoms with van der Waals surface area (Å²) >= 11 is 0. The first-order valence-corrected chi connectivity index (χ1v) is 8.67. The second-order valence-electron chi connectivity index (χ2n) is 6.45. The number of para-hydroxylation sites is 2. The van der Waals surface area contributed by atoms with Crippen molar-refractivity contribution in [2.24, 2.45) is 0 Å². The van der Waals surface area contributed by atoms with Gasteiger partial charge < -0.3 is 10.3 Å². The molecule has 1 fully saturated rings. The van der Waals surface area contributed by atoms with Gasteiger partial charge >= 0.3 is 0 Å². The van der Waals surface area contributed by atoms with E-state index >= 15 is 0 Å². The van der Waals surface area contributed by atoms with Crippen LogP contribution in [0.15, 0.2) is 24.3 Å². The zero-order valence-electron chi connectivity index (χ0n) is 13.8. The lowest BCUT2D eigenvalue weighted by atomic mass is 10.1. The smallest absolute Gasteiger partial charge is 0.220 e. The zero-order chi connectivity index (χ0) is 16.1. The molecule has 5 heteroatoms. The van der Waals surface area contributed by atoms with Gasteiger partial charge in [-0.05, 0) is 45.0 Å². The summed E-state index contributed by atoms with van der Waals surface area (Å²) in [4.78, 5) is 22.3. The predicted molar refractivity (Wildman–Crippen MR) is 92.3 cm³/mol. The third-order valence-electron chi connectivity index (χ3n) is 4.64. The summed E-state index contributed by atoms with van der Waals surface area (Å²) in [7, 11) is 0. The van der Waals surface area contributed by atoms with Gasteiger partial charge in [0.15, 0.2) is 0 Å². The Bertz CT molecular complexity index is 612. The average molecular weight is 314 g/mol. The van der Waals surface area contributed by atoms with Gasteiger partial charge in [0.25, 0.3) is 0 Å².